The minimum absolute atomic E-state index is 0.122. The fourth-order valence-electron chi connectivity index (χ4n) is 1.90. The lowest BCUT2D eigenvalue weighted by atomic mass is 10.1. The average molecular weight is 331 g/mol. The number of aryl methyl sites for hydroxylation is 1. The van der Waals surface area contributed by atoms with Gasteiger partial charge in [-0.1, -0.05) is 29.3 Å². The van der Waals surface area contributed by atoms with Crippen molar-refractivity contribution in [2.24, 2.45) is 0 Å². The summed E-state index contributed by atoms with van der Waals surface area (Å²) >= 11 is 13.8. The first-order valence-corrected chi connectivity index (χ1v) is 7.84. The summed E-state index contributed by atoms with van der Waals surface area (Å²) in [7, 11) is 0. The Hall–Kier alpha value is -0.650. The zero-order chi connectivity index (χ0) is 14.7. The highest BCUT2D eigenvalue weighted by molar-refractivity contribution is 7.11. The van der Waals surface area contributed by atoms with Crippen LogP contribution < -0.4 is 5.32 Å². The van der Waals surface area contributed by atoms with Crippen molar-refractivity contribution in [2.75, 3.05) is 6.54 Å². The van der Waals surface area contributed by atoms with Gasteiger partial charge in [-0.15, -0.1) is 11.3 Å². The van der Waals surface area contributed by atoms with Crippen molar-refractivity contribution in [3.63, 3.8) is 0 Å². The first kappa shape index (κ1) is 15.7. The second kappa shape index (κ2) is 6.87. The molecule has 0 aliphatic rings. The average Bonchev–Trinajstić information content (AvgIpc) is 2.82. The van der Waals surface area contributed by atoms with Crippen molar-refractivity contribution < 1.29 is 5.11 Å². The highest BCUT2D eigenvalue weighted by Gasteiger charge is 2.17. The number of rotatable bonds is 5. The number of aromatic nitrogens is 1. The predicted octanol–water partition coefficient (Wildman–Crippen LogP) is 4.14. The summed E-state index contributed by atoms with van der Waals surface area (Å²) in [6, 6.07) is 5.33. The maximum Gasteiger partial charge on any atom is 0.0943 e. The summed E-state index contributed by atoms with van der Waals surface area (Å²) in [6.45, 7) is 4.38. The quantitative estimate of drug-likeness (QED) is 0.865. The molecule has 2 N–H and O–H groups in total. The van der Waals surface area contributed by atoms with Gasteiger partial charge >= 0.3 is 0 Å². The van der Waals surface area contributed by atoms with E-state index in [1.54, 1.807) is 29.5 Å². The zero-order valence-electron chi connectivity index (χ0n) is 11.2. The number of benzene rings is 1. The summed E-state index contributed by atoms with van der Waals surface area (Å²) in [4.78, 5) is 5.36. The van der Waals surface area contributed by atoms with Crippen LogP contribution in [0.25, 0.3) is 0 Å². The Labute approximate surface area is 132 Å². The lowest BCUT2D eigenvalue weighted by Crippen LogP contribution is -2.24. The van der Waals surface area contributed by atoms with Crippen LogP contribution in [0.1, 0.15) is 34.5 Å². The number of hydrogen-bond donors (Lipinski definition) is 2. The molecule has 3 nitrogen and oxygen atoms in total. The largest absolute Gasteiger partial charge is 0.387 e. The molecule has 20 heavy (non-hydrogen) atoms. The van der Waals surface area contributed by atoms with Crippen molar-refractivity contribution in [2.45, 2.75) is 26.0 Å². The molecular formula is C14H16Cl2N2OS. The minimum atomic E-state index is -0.743. The van der Waals surface area contributed by atoms with E-state index in [4.69, 9.17) is 23.2 Å². The van der Waals surface area contributed by atoms with Gasteiger partial charge < -0.3 is 10.4 Å². The zero-order valence-corrected chi connectivity index (χ0v) is 13.6. The van der Waals surface area contributed by atoms with Gasteiger partial charge in [0.1, 0.15) is 0 Å². The Morgan fingerprint density at radius 1 is 1.35 bits per heavy atom. The van der Waals surface area contributed by atoms with Crippen LogP contribution in [-0.4, -0.2) is 16.6 Å². The van der Waals surface area contributed by atoms with Gasteiger partial charge in [-0.2, -0.15) is 0 Å². The molecule has 0 saturated heterocycles. The molecule has 0 aliphatic heterocycles. The van der Waals surface area contributed by atoms with Gasteiger partial charge in [0, 0.05) is 39.3 Å². The van der Waals surface area contributed by atoms with Crippen molar-refractivity contribution in [1.29, 1.82) is 0 Å². The Morgan fingerprint density at radius 2 is 2.00 bits per heavy atom. The highest BCUT2D eigenvalue weighted by Crippen LogP contribution is 2.30. The van der Waals surface area contributed by atoms with Crippen LogP contribution in [0.3, 0.4) is 0 Å². The molecule has 0 aliphatic carbocycles. The molecule has 6 heteroatoms. The monoisotopic (exact) mass is 330 g/mol. The molecule has 0 fully saturated rings. The molecule has 0 saturated carbocycles. The van der Waals surface area contributed by atoms with E-state index in [9.17, 15) is 5.11 Å². The third-order valence-electron chi connectivity index (χ3n) is 3.02. The van der Waals surface area contributed by atoms with Crippen LogP contribution in [-0.2, 0) is 0 Å². The minimum Gasteiger partial charge on any atom is -0.387 e. The Balaban J connectivity index is 2.00. The molecule has 2 aromatic rings. The molecule has 108 valence electrons. The maximum atomic E-state index is 10.2. The van der Waals surface area contributed by atoms with Gasteiger partial charge in [0.15, 0.2) is 0 Å². The second-order valence-corrected chi connectivity index (χ2v) is 6.64. The fourth-order valence-corrected chi connectivity index (χ4v) is 3.36. The van der Waals surface area contributed by atoms with E-state index in [0.29, 0.717) is 22.2 Å². The third-order valence-corrected chi connectivity index (χ3v) is 4.77. The second-order valence-electron chi connectivity index (χ2n) is 4.56. The van der Waals surface area contributed by atoms with Crippen LogP contribution in [0.4, 0.5) is 0 Å². The summed E-state index contributed by atoms with van der Waals surface area (Å²) in [5.41, 5.74) is 0.566. The summed E-state index contributed by atoms with van der Waals surface area (Å²) in [5, 5.41) is 15.5. The van der Waals surface area contributed by atoms with Crippen molar-refractivity contribution in [3.05, 3.63) is 49.9 Å². The highest BCUT2D eigenvalue weighted by atomic mass is 35.5. The maximum absolute atomic E-state index is 10.2. The first-order chi connectivity index (χ1) is 9.49. The predicted molar refractivity (Wildman–Crippen MR) is 84.7 cm³/mol. The summed E-state index contributed by atoms with van der Waals surface area (Å²) in [6.07, 6.45) is 1.11. The topological polar surface area (TPSA) is 45.2 Å². The molecule has 2 atom stereocenters. The van der Waals surface area contributed by atoms with Gasteiger partial charge in [0.2, 0.25) is 0 Å². The van der Waals surface area contributed by atoms with Crippen LogP contribution in [0, 0.1) is 6.92 Å². The van der Waals surface area contributed by atoms with E-state index in [-0.39, 0.29) is 6.04 Å². The SMILES string of the molecule is Cc1ncc(C(C)NCC(O)c2c(Cl)cccc2Cl)s1. The van der Waals surface area contributed by atoms with E-state index < -0.39 is 6.10 Å². The molecule has 2 unspecified atom stereocenters. The Kier molecular flexibility index (Phi) is 5.41. The smallest absolute Gasteiger partial charge is 0.0943 e. The van der Waals surface area contributed by atoms with E-state index >= 15 is 0 Å². The third kappa shape index (κ3) is 3.71. The van der Waals surface area contributed by atoms with Crippen molar-refractivity contribution in [3.8, 4) is 0 Å². The Bertz CT molecular complexity index is 568. The molecule has 0 radical (unpaired) electrons. The Morgan fingerprint density at radius 3 is 2.55 bits per heavy atom. The van der Waals surface area contributed by atoms with Crippen molar-refractivity contribution in [1.82, 2.24) is 10.3 Å². The van der Waals surface area contributed by atoms with Crippen LogP contribution in [0.15, 0.2) is 24.4 Å². The van der Waals surface area contributed by atoms with E-state index in [1.807, 2.05) is 20.0 Å². The number of thiazole rings is 1. The first-order valence-electron chi connectivity index (χ1n) is 6.26. The van der Waals surface area contributed by atoms with Crippen molar-refractivity contribution >= 4 is 34.5 Å². The van der Waals surface area contributed by atoms with Crippen LogP contribution in [0.2, 0.25) is 10.0 Å². The lowest BCUT2D eigenvalue weighted by Gasteiger charge is -2.18. The molecular weight excluding hydrogens is 315 g/mol. The number of nitrogens with zero attached hydrogens (tertiary/aromatic N) is 1. The van der Waals surface area contributed by atoms with E-state index in [1.165, 1.54) is 0 Å². The summed E-state index contributed by atoms with van der Waals surface area (Å²) < 4.78 is 0. The number of aliphatic hydroxyl groups excluding tert-OH is 1. The van der Waals surface area contributed by atoms with Gasteiger partial charge in [-0.05, 0) is 26.0 Å². The number of nitrogens with one attached hydrogen (secondary N) is 1. The van der Waals surface area contributed by atoms with Crippen LogP contribution >= 0.6 is 34.5 Å². The van der Waals surface area contributed by atoms with E-state index in [2.05, 4.69) is 10.3 Å². The molecule has 0 bridgehead atoms. The molecule has 1 heterocycles. The lowest BCUT2D eigenvalue weighted by molar-refractivity contribution is 0.171. The van der Waals surface area contributed by atoms with Gasteiger partial charge in [-0.3, -0.25) is 0 Å². The van der Waals surface area contributed by atoms with Gasteiger partial charge in [0.05, 0.1) is 11.1 Å². The normalized spacial score (nSPS) is 14.2. The number of aliphatic hydroxyl groups is 1. The van der Waals surface area contributed by atoms with Gasteiger partial charge in [-0.25, -0.2) is 4.98 Å². The molecule has 2 rings (SSSR count). The van der Waals surface area contributed by atoms with Gasteiger partial charge in [0.25, 0.3) is 0 Å². The molecule has 1 aromatic carbocycles. The molecule has 1 aromatic heterocycles. The molecule has 0 spiro atoms. The van der Waals surface area contributed by atoms with Crippen LogP contribution in [0.5, 0.6) is 0 Å². The number of halogens is 2. The van der Waals surface area contributed by atoms with E-state index in [0.717, 1.165) is 9.88 Å². The number of hydrogen-bond acceptors (Lipinski definition) is 4. The fraction of sp³-hybridized carbons (Fsp3) is 0.357. The summed E-state index contributed by atoms with van der Waals surface area (Å²) in [5.74, 6) is 0. The standard InChI is InChI=1S/C14H16Cl2N2OS/c1-8(13-7-18-9(2)20-13)17-6-12(19)14-10(15)4-3-5-11(14)16/h3-5,7-8,12,17,19H,6H2,1-2H3. The molecule has 0 amide bonds.